The van der Waals surface area contributed by atoms with Gasteiger partial charge >= 0.3 is 0 Å². The van der Waals surface area contributed by atoms with Gasteiger partial charge in [-0.05, 0) is 35.1 Å². The molecule has 1 saturated carbocycles. The number of aliphatic hydroxyl groups excluding tert-OH is 1. The maximum atomic E-state index is 11.2. The Bertz CT molecular complexity index is 791. The van der Waals surface area contributed by atoms with Gasteiger partial charge in [-0.15, -0.1) is 6.58 Å². The zero-order chi connectivity index (χ0) is 22.2. The predicted octanol–water partition coefficient (Wildman–Crippen LogP) is 4.38. The number of aliphatic hydroxyl groups is 1. The number of benzene rings is 2. The first-order valence-electron chi connectivity index (χ1n) is 10.9. The van der Waals surface area contributed by atoms with E-state index >= 15 is 0 Å². The standard InChI is InChI=1S/C26H34O5/c1-5-15-29-24-18(2)19(3)25(30-16-20-9-7-6-8-10-20)26(23(24)27)31-17-21-11-13-22(28-4)14-12-21/h5-14,18-19,23-27H,1,15-17H2,2-4H3. The molecule has 3 rings (SSSR count). The van der Waals surface area contributed by atoms with Crippen LogP contribution in [0.2, 0.25) is 0 Å². The molecule has 2 aromatic rings. The fourth-order valence-corrected chi connectivity index (χ4v) is 4.14. The zero-order valence-electron chi connectivity index (χ0n) is 18.6. The minimum Gasteiger partial charge on any atom is -0.497 e. The average Bonchev–Trinajstić information content (AvgIpc) is 2.81. The Balaban J connectivity index is 1.75. The van der Waals surface area contributed by atoms with E-state index in [2.05, 4.69) is 20.4 Å². The molecule has 0 radical (unpaired) electrons. The van der Waals surface area contributed by atoms with Crippen LogP contribution in [0.25, 0.3) is 0 Å². The first kappa shape index (κ1) is 23.5. The van der Waals surface area contributed by atoms with Crippen molar-refractivity contribution >= 4 is 0 Å². The van der Waals surface area contributed by atoms with Gasteiger partial charge in [0.05, 0.1) is 39.1 Å². The van der Waals surface area contributed by atoms with Crippen LogP contribution in [-0.2, 0) is 27.4 Å². The first-order valence-corrected chi connectivity index (χ1v) is 10.9. The van der Waals surface area contributed by atoms with Crippen LogP contribution >= 0.6 is 0 Å². The van der Waals surface area contributed by atoms with E-state index in [-0.39, 0.29) is 24.0 Å². The van der Waals surface area contributed by atoms with Crippen molar-refractivity contribution in [1.82, 2.24) is 0 Å². The third kappa shape index (κ3) is 5.95. The highest BCUT2D eigenvalue weighted by atomic mass is 16.6. The summed E-state index contributed by atoms with van der Waals surface area (Å²) in [5.41, 5.74) is 2.10. The van der Waals surface area contributed by atoms with Gasteiger partial charge in [0.15, 0.2) is 0 Å². The second kappa shape index (κ2) is 11.4. The van der Waals surface area contributed by atoms with Crippen LogP contribution < -0.4 is 4.74 Å². The summed E-state index contributed by atoms with van der Waals surface area (Å²) in [6.07, 6.45) is -0.204. The van der Waals surface area contributed by atoms with E-state index in [0.717, 1.165) is 16.9 Å². The highest BCUT2D eigenvalue weighted by Crippen LogP contribution is 2.37. The molecule has 6 atom stereocenters. The summed E-state index contributed by atoms with van der Waals surface area (Å²) in [5.74, 6) is 1.05. The molecule has 31 heavy (non-hydrogen) atoms. The molecule has 0 bridgehead atoms. The van der Waals surface area contributed by atoms with Crippen molar-refractivity contribution in [3.63, 3.8) is 0 Å². The van der Waals surface area contributed by atoms with Crippen LogP contribution in [0.3, 0.4) is 0 Å². The molecule has 1 fully saturated rings. The van der Waals surface area contributed by atoms with Gasteiger partial charge in [0.2, 0.25) is 0 Å². The van der Waals surface area contributed by atoms with Gasteiger partial charge in [-0.25, -0.2) is 0 Å². The number of hydrogen-bond acceptors (Lipinski definition) is 5. The first-order chi connectivity index (χ1) is 15.0. The predicted molar refractivity (Wildman–Crippen MR) is 121 cm³/mol. The summed E-state index contributed by atoms with van der Waals surface area (Å²) in [5, 5.41) is 11.2. The lowest BCUT2D eigenvalue weighted by Crippen LogP contribution is -2.59. The smallest absolute Gasteiger partial charge is 0.118 e. The summed E-state index contributed by atoms with van der Waals surface area (Å²) >= 11 is 0. The summed E-state index contributed by atoms with van der Waals surface area (Å²) < 4.78 is 23.7. The third-order valence-electron chi connectivity index (χ3n) is 6.16. The largest absolute Gasteiger partial charge is 0.497 e. The molecular formula is C26H34O5. The number of rotatable bonds is 10. The molecule has 168 valence electrons. The molecule has 0 saturated heterocycles. The maximum absolute atomic E-state index is 11.2. The molecule has 1 aliphatic carbocycles. The molecule has 0 amide bonds. The van der Waals surface area contributed by atoms with Gasteiger partial charge in [-0.1, -0.05) is 62.4 Å². The van der Waals surface area contributed by atoms with E-state index in [4.69, 9.17) is 18.9 Å². The fraction of sp³-hybridized carbons (Fsp3) is 0.462. The normalized spacial score (nSPS) is 28.3. The number of methoxy groups -OCH3 is 1. The van der Waals surface area contributed by atoms with Crippen molar-refractivity contribution in [1.29, 1.82) is 0 Å². The zero-order valence-corrected chi connectivity index (χ0v) is 18.6. The minimum atomic E-state index is -0.801. The lowest BCUT2D eigenvalue weighted by Gasteiger charge is -2.47. The molecule has 0 aliphatic heterocycles. The molecular weight excluding hydrogens is 392 g/mol. The van der Waals surface area contributed by atoms with Gasteiger partial charge in [-0.3, -0.25) is 0 Å². The van der Waals surface area contributed by atoms with E-state index < -0.39 is 12.2 Å². The molecule has 1 N–H and O–H groups in total. The van der Waals surface area contributed by atoms with Crippen LogP contribution in [0, 0.1) is 11.8 Å². The van der Waals surface area contributed by atoms with Crippen molar-refractivity contribution in [2.24, 2.45) is 11.8 Å². The van der Waals surface area contributed by atoms with Crippen molar-refractivity contribution in [2.75, 3.05) is 13.7 Å². The van der Waals surface area contributed by atoms with Crippen molar-refractivity contribution in [3.05, 3.63) is 78.4 Å². The molecule has 0 spiro atoms. The molecule has 6 unspecified atom stereocenters. The second-order valence-electron chi connectivity index (χ2n) is 8.18. The van der Waals surface area contributed by atoms with E-state index in [1.165, 1.54) is 0 Å². The summed E-state index contributed by atoms with van der Waals surface area (Å²) in [6.45, 7) is 9.19. The molecule has 0 heterocycles. The molecule has 0 aromatic heterocycles. The van der Waals surface area contributed by atoms with Gasteiger partial charge < -0.3 is 24.1 Å². The molecule has 2 aromatic carbocycles. The van der Waals surface area contributed by atoms with Crippen LogP contribution in [0.5, 0.6) is 5.75 Å². The quantitative estimate of drug-likeness (QED) is 0.571. The lowest BCUT2D eigenvalue weighted by molar-refractivity contribution is -0.224. The van der Waals surface area contributed by atoms with Crippen molar-refractivity contribution in [3.8, 4) is 5.75 Å². The topological polar surface area (TPSA) is 57.2 Å². The third-order valence-corrected chi connectivity index (χ3v) is 6.16. The Morgan fingerprint density at radius 2 is 1.39 bits per heavy atom. The van der Waals surface area contributed by atoms with E-state index in [0.29, 0.717) is 19.8 Å². The molecule has 1 aliphatic rings. The highest BCUT2D eigenvalue weighted by molar-refractivity contribution is 5.26. The molecule has 5 heteroatoms. The van der Waals surface area contributed by atoms with Gasteiger partial charge in [0.1, 0.15) is 18.0 Å². The van der Waals surface area contributed by atoms with E-state index in [1.54, 1.807) is 13.2 Å². The van der Waals surface area contributed by atoms with Gasteiger partial charge in [0.25, 0.3) is 0 Å². The highest BCUT2D eigenvalue weighted by Gasteiger charge is 2.48. The minimum absolute atomic E-state index is 0.108. The summed E-state index contributed by atoms with van der Waals surface area (Å²) in [6, 6.07) is 17.8. The van der Waals surface area contributed by atoms with Gasteiger partial charge in [-0.2, -0.15) is 0 Å². The Hall–Kier alpha value is -2.18. The fourth-order valence-electron chi connectivity index (χ4n) is 4.14. The van der Waals surface area contributed by atoms with Crippen LogP contribution in [0.15, 0.2) is 67.3 Å². The number of hydrogen-bond donors (Lipinski definition) is 1. The van der Waals surface area contributed by atoms with Gasteiger partial charge in [0, 0.05) is 0 Å². The Morgan fingerprint density at radius 1 is 0.806 bits per heavy atom. The Kier molecular flexibility index (Phi) is 8.67. The summed E-state index contributed by atoms with van der Waals surface area (Å²) in [7, 11) is 1.64. The SMILES string of the molecule is C=CCOC1C(C)C(C)C(OCc2ccccc2)C(OCc2ccc(OC)cc2)C1O. The summed E-state index contributed by atoms with van der Waals surface area (Å²) in [4.78, 5) is 0. The van der Waals surface area contributed by atoms with Crippen molar-refractivity contribution < 1.29 is 24.1 Å². The monoisotopic (exact) mass is 426 g/mol. The van der Waals surface area contributed by atoms with E-state index in [9.17, 15) is 5.11 Å². The van der Waals surface area contributed by atoms with Crippen LogP contribution in [-0.4, -0.2) is 43.2 Å². The van der Waals surface area contributed by atoms with Crippen LogP contribution in [0.1, 0.15) is 25.0 Å². The van der Waals surface area contributed by atoms with Crippen molar-refractivity contribution in [2.45, 2.75) is 51.5 Å². The molecule has 5 nitrogen and oxygen atoms in total. The second-order valence-corrected chi connectivity index (χ2v) is 8.18. The van der Waals surface area contributed by atoms with E-state index in [1.807, 2.05) is 54.6 Å². The number of ether oxygens (including phenoxy) is 4. The van der Waals surface area contributed by atoms with Crippen LogP contribution in [0.4, 0.5) is 0 Å². The lowest BCUT2D eigenvalue weighted by atomic mass is 9.74. The maximum Gasteiger partial charge on any atom is 0.118 e. The average molecular weight is 427 g/mol. The Labute approximate surface area is 185 Å². The Morgan fingerprint density at radius 3 is 2.00 bits per heavy atom.